The molecule has 0 saturated carbocycles. The lowest BCUT2D eigenvalue weighted by molar-refractivity contribution is -0.0222. The van der Waals surface area contributed by atoms with E-state index in [4.69, 9.17) is 4.74 Å². The molecule has 8 heteroatoms. The van der Waals surface area contributed by atoms with Gasteiger partial charge in [0.25, 0.3) is 5.91 Å². The van der Waals surface area contributed by atoms with E-state index in [0.717, 1.165) is 25.2 Å². The third-order valence-corrected chi connectivity index (χ3v) is 5.60. The van der Waals surface area contributed by atoms with Crippen molar-refractivity contribution in [2.75, 3.05) is 39.4 Å². The summed E-state index contributed by atoms with van der Waals surface area (Å²) in [5.41, 5.74) is 0.880. The molecule has 0 aliphatic carbocycles. The number of hydrogen-bond donors (Lipinski definition) is 1. The zero-order valence-electron chi connectivity index (χ0n) is 16.2. The number of carbonyl (C=O) groups is 1. The van der Waals surface area contributed by atoms with Crippen LogP contribution < -0.4 is 0 Å². The predicted octanol–water partition coefficient (Wildman–Crippen LogP) is 0.873. The summed E-state index contributed by atoms with van der Waals surface area (Å²) in [7, 11) is 0. The molecule has 1 aromatic carbocycles. The Labute approximate surface area is 164 Å². The zero-order valence-corrected chi connectivity index (χ0v) is 16.2. The van der Waals surface area contributed by atoms with Gasteiger partial charge >= 0.3 is 0 Å². The number of hydrogen-bond acceptors (Lipinski definition) is 6. The van der Waals surface area contributed by atoms with E-state index in [1.54, 1.807) is 9.58 Å². The summed E-state index contributed by atoms with van der Waals surface area (Å²) in [5.74, 6) is 0.712. The molecule has 4 rings (SSSR count). The summed E-state index contributed by atoms with van der Waals surface area (Å²) in [5, 5.41) is 15.1. The normalized spacial score (nSPS) is 24.1. The Bertz CT molecular complexity index is 803. The Morgan fingerprint density at radius 3 is 2.57 bits per heavy atom. The molecule has 0 radical (unpaired) electrons. The van der Waals surface area contributed by atoms with E-state index in [9.17, 15) is 9.90 Å². The number of para-hydroxylation sites is 1. The van der Waals surface area contributed by atoms with Gasteiger partial charge in [-0.3, -0.25) is 9.69 Å². The van der Waals surface area contributed by atoms with Crippen LogP contribution in [0.25, 0.3) is 5.69 Å². The summed E-state index contributed by atoms with van der Waals surface area (Å²) in [6.07, 6.45) is 0.865. The van der Waals surface area contributed by atoms with Gasteiger partial charge in [0.05, 0.1) is 25.0 Å². The number of aliphatic hydroxyl groups is 1. The molecule has 1 aromatic heterocycles. The number of morpholine rings is 1. The van der Waals surface area contributed by atoms with Crippen LogP contribution in [0.3, 0.4) is 0 Å². The first-order valence-electron chi connectivity index (χ1n) is 9.91. The van der Waals surface area contributed by atoms with Crippen molar-refractivity contribution >= 4 is 5.91 Å². The summed E-state index contributed by atoms with van der Waals surface area (Å²) in [6.45, 7) is 6.02. The summed E-state index contributed by atoms with van der Waals surface area (Å²) in [4.78, 5) is 21.5. The first-order valence-corrected chi connectivity index (χ1v) is 9.91. The topological polar surface area (TPSA) is 83.7 Å². The minimum Gasteiger partial charge on any atom is -0.391 e. The highest BCUT2D eigenvalue weighted by atomic mass is 16.5. The van der Waals surface area contributed by atoms with Crippen molar-refractivity contribution in [3.8, 4) is 5.69 Å². The first kappa shape index (κ1) is 19.0. The number of benzene rings is 1. The average molecular weight is 385 g/mol. The minimum absolute atomic E-state index is 0.0678. The van der Waals surface area contributed by atoms with Crippen molar-refractivity contribution in [3.63, 3.8) is 0 Å². The van der Waals surface area contributed by atoms with Gasteiger partial charge in [-0.1, -0.05) is 18.2 Å². The van der Waals surface area contributed by atoms with Crippen molar-refractivity contribution in [1.29, 1.82) is 0 Å². The molecule has 2 aliphatic rings. The van der Waals surface area contributed by atoms with Crippen molar-refractivity contribution in [1.82, 2.24) is 24.6 Å². The lowest BCUT2D eigenvalue weighted by Gasteiger charge is -2.36. The maximum atomic E-state index is 13.0. The molecule has 150 valence electrons. The van der Waals surface area contributed by atoms with Crippen molar-refractivity contribution in [2.45, 2.75) is 31.9 Å². The quantitative estimate of drug-likeness (QED) is 0.844. The van der Waals surface area contributed by atoms with Crippen molar-refractivity contribution in [2.24, 2.45) is 0 Å². The van der Waals surface area contributed by atoms with Crippen LogP contribution in [-0.4, -0.2) is 87.1 Å². The molecule has 2 saturated heterocycles. The van der Waals surface area contributed by atoms with E-state index in [-0.39, 0.29) is 17.8 Å². The Hall–Kier alpha value is -2.29. The second-order valence-electron chi connectivity index (χ2n) is 7.38. The molecule has 3 heterocycles. The fourth-order valence-corrected chi connectivity index (χ4v) is 4.05. The molecule has 2 atom stereocenters. The molecule has 28 heavy (non-hydrogen) atoms. The maximum absolute atomic E-state index is 13.0. The molecular formula is C20H27N5O3. The largest absolute Gasteiger partial charge is 0.391 e. The van der Waals surface area contributed by atoms with E-state index >= 15 is 0 Å². The number of aryl methyl sites for hydroxylation is 1. The zero-order chi connectivity index (χ0) is 19.5. The van der Waals surface area contributed by atoms with Gasteiger partial charge in [-0.2, -0.15) is 0 Å². The number of carbonyl (C=O) groups excluding carboxylic acids is 1. The molecule has 8 nitrogen and oxygen atoms in total. The molecule has 2 aliphatic heterocycles. The second kappa shape index (κ2) is 8.38. The monoisotopic (exact) mass is 385 g/mol. The molecule has 0 spiro atoms. The van der Waals surface area contributed by atoms with Crippen molar-refractivity contribution in [3.05, 3.63) is 42.0 Å². The molecule has 2 fully saturated rings. The minimum atomic E-state index is -0.438. The number of aliphatic hydroxyl groups excluding tert-OH is 1. The van der Waals surface area contributed by atoms with E-state index < -0.39 is 6.10 Å². The third-order valence-electron chi connectivity index (χ3n) is 5.60. The molecule has 1 N–H and O–H groups in total. The van der Waals surface area contributed by atoms with Gasteiger partial charge in [-0.05, 0) is 31.9 Å². The van der Waals surface area contributed by atoms with E-state index in [1.807, 2.05) is 37.3 Å². The van der Waals surface area contributed by atoms with Crippen LogP contribution in [0.5, 0.6) is 0 Å². The Morgan fingerprint density at radius 1 is 1.11 bits per heavy atom. The number of ether oxygens (including phenoxy) is 1. The van der Waals surface area contributed by atoms with E-state index in [2.05, 4.69) is 15.0 Å². The maximum Gasteiger partial charge on any atom is 0.293 e. The lowest BCUT2D eigenvalue weighted by atomic mass is 10.0. The van der Waals surface area contributed by atoms with Gasteiger partial charge in [-0.25, -0.2) is 9.67 Å². The lowest BCUT2D eigenvalue weighted by Crippen LogP contribution is -2.49. The van der Waals surface area contributed by atoms with E-state index in [0.29, 0.717) is 38.5 Å². The van der Waals surface area contributed by atoms with E-state index in [1.165, 1.54) is 0 Å². The highest BCUT2D eigenvalue weighted by Gasteiger charge is 2.33. The number of amides is 1. The van der Waals surface area contributed by atoms with Gasteiger partial charge in [0.15, 0.2) is 0 Å². The standard InChI is InChI=1S/C20H27N5O3/c1-15-21-19(22-25(15)16-5-3-2-4-6-16)20(27)24-9-7-17(18(26)8-10-24)23-11-13-28-14-12-23/h2-6,17-18,26H,7-14H2,1H3/t17-,18-/m0/s1. The third kappa shape index (κ3) is 3.94. The summed E-state index contributed by atoms with van der Waals surface area (Å²) in [6, 6.07) is 9.74. The fraction of sp³-hybridized carbons (Fsp3) is 0.550. The highest BCUT2D eigenvalue weighted by Crippen LogP contribution is 2.20. The molecule has 2 aromatic rings. The van der Waals surface area contributed by atoms with Crippen LogP contribution in [0.1, 0.15) is 29.3 Å². The van der Waals surface area contributed by atoms with Gasteiger partial charge in [-0.15, -0.1) is 5.10 Å². The Kier molecular flexibility index (Phi) is 5.70. The summed E-state index contributed by atoms with van der Waals surface area (Å²) < 4.78 is 7.11. The van der Waals surface area contributed by atoms with Crippen LogP contribution in [-0.2, 0) is 4.74 Å². The molecule has 1 amide bonds. The van der Waals surface area contributed by atoms with Crippen LogP contribution in [0.4, 0.5) is 0 Å². The molecule has 0 unspecified atom stereocenters. The number of aromatic nitrogens is 3. The fourth-order valence-electron chi connectivity index (χ4n) is 4.05. The number of nitrogens with zero attached hydrogens (tertiary/aromatic N) is 5. The average Bonchev–Trinajstić information content (AvgIpc) is 3.01. The SMILES string of the molecule is Cc1nc(C(=O)N2CC[C@H](O)[C@@H](N3CCOCC3)CC2)nn1-c1ccccc1. The van der Waals surface area contributed by atoms with Gasteiger partial charge < -0.3 is 14.7 Å². The van der Waals surface area contributed by atoms with Crippen LogP contribution in [0, 0.1) is 6.92 Å². The van der Waals surface area contributed by atoms with Crippen LogP contribution >= 0.6 is 0 Å². The highest BCUT2D eigenvalue weighted by molar-refractivity contribution is 5.90. The number of rotatable bonds is 3. The number of likely N-dealkylation sites (tertiary alicyclic amines) is 1. The van der Waals surface area contributed by atoms with Gasteiger partial charge in [0.1, 0.15) is 5.82 Å². The van der Waals surface area contributed by atoms with Gasteiger partial charge in [0, 0.05) is 32.2 Å². The van der Waals surface area contributed by atoms with Crippen molar-refractivity contribution < 1.29 is 14.6 Å². The first-order chi connectivity index (χ1) is 13.6. The van der Waals surface area contributed by atoms with Gasteiger partial charge in [0.2, 0.25) is 5.82 Å². The van der Waals surface area contributed by atoms with Crippen LogP contribution in [0.15, 0.2) is 30.3 Å². The Morgan fingerprint density at radius 2 is 1.82 bits per heavy atom. The smallest absolute Gasteiger partial charge is 0.293 e. The Balaban J connectivity index is 1.47. The summed E-state index contributed by atoms with van der Waals surface area (Å²) >= 11 is 0. The molecule has 0 bridgehead atoms. The second-order valence-corrected chi connectivity index (χ2v) is 7.38. The predicted molar refractivity (Wildman–Crippen MR) is 103 cm³/mol. The van der Waals surface area contributed by atoms with Crippen LogP contribution in [0.2, 0.25) is 0 Å². The molecular weight excluding hydrogens is 358 g/mol.